The molecular formula is C10H19F3N2. The van der Waals surface area contributed by atoms with Crippen LogP contribution in [0.3, 0.4) is 0 Å². The van der Waals surface area contributed by atoms with Gasteiger partial charge in [-0.05, 0) is 24.8 Å². The Morgan fingerprint density at radius 2 is 1.80 bits per heavy atom. The highest BCUT2D eigenvalue weighted by atomic mass is 19.4. The molecule has 1 fully saturated rings. The smallest absolute Gasteiger partial charge is 0.330 e. The van der Waals surface area contributed by atoms with E-state index < -0.39 is 12.6 Å². The van der Waals surface area contributed by atoms with Crippen molar-refractivity contribution in [2.24, 2.45) is 11.1 Å². The molecule has 1 aliphatic carbocycles. The number of rotatable bonds is 5. The second-order valence-electron chi connectivity index (χ2n) is 4.45. The Morgan fingerprint density at radius 3 is 2.27 bits per heavy atom. The lowest BCUT2D eigenvalue weighted by atomic mass is 9.86. The van der Waals surface area contributed by atoms with Crippen molar-refractivity contribution in [3.63, 3.8) is 0 Å². The van der Waals surface area contributed by atoms with Gasteiger partial charge in [0.2, 0.25) is 0 Å². The van der Waals surface area contributed by atoms with E-state index in [1.807, 2.05) is 0 Å². The molecular weight excluding hydrogens is 205 g/mol. The molecule has 1 saturated carbocycles. The Balaban J connectivity index is 2.18. The van der Waals surface area contributed by atoms with Gasteiger partial charge in [0, 0.05) is 13.1 Å². The van der Waals surface area contributed by atoms with Gasteiger partial charge in [0.05, 0.1) is 6.42 Å². The number of alkyl halides is 3. The van der Waals surface area contributed by atoms with Gasteiger partial charge in [-0.1, -0.05) is 12.8 Å². The number of hydrogen-bond donors (Lipinski definition) is 2. The molecule has 2 nitrogen and oxygen atoms in total. The number of nitrogens with one attached hydrogen (secondary N) is 1. The summed E-state index contributed by atoms with van der Waals surface area (Å²) in [5.41, 5.74) is 5.74. The van der Waals surface area contributed by atoms with Crippen molar-refractivity contribution >= 4 is 0 Å². The standard InChI is InChI=1S/C10H19F3N2/c11-10(12,13)5-6-15-8-9(7-14)3-1-2-4-9/h15H,1-8,14H2. The average Bonchev–Trinajstić information content (AvgIpc) is 2.60. The van der Waals surface area contributed by atoms with E-state index in [9.17, 15) is 13.2 Å². The lowest BCUT2D eigenvalue weighted by Crippen LogP contribution is -2.39. The maximum absolute atomic E-state index is 11.9. The fourth-order valence-electron chi connectivity index (χ4n) is 2.16. The second-order valence-corrected chi connectivity index (χ2v) is 4.45. The predicted octanol–water partition coefficient (Wildman–Crippen LogP) is 2.05. The van der Waals surface area contributed by atoms with Crippen LogP contribution in [0.15, 0.2) is 0 Å². The molecule has 0 radical (unpaired) electrons. The summed E-state index contributed by atoms with van der Waals surface area (Å²) in [4.78, 5) is 0. The predicted molar refractivity (Wildman–Crippen MR) is 53.5 cm³/mol. The van der Waals surface area contributed by atoms with E-state index in [-0.39, 0.29) is 12.0 Å². The van der Waals surface area contributed by atoms with Crippen LogP contribution in [-0.4, -0.2) is 25.8 Å². The molecule has 90 valence electrons. The molecule has 15 heavy (non-hydrogen) atoms. The van der Waals surface area contributed by atoms with E-state index in [4.69, 9.17) is 5.73 Å². The molecule has 0 aromatic heterocycles. The van der Waals surface area contributed by atoms with Crippen LogP contribution in [-0.2, 0) is 0 Å². The van der Waals surface area contributed by atoms with Gasteiger partial charge in [-0.25, -0.2) is 0 Å². The van der Waals surface area contributed by atoms with Gasteiger partial charge >= 0.3 is 6.18 Å². The lowest BCUT2D eigenvalue weighted by Gasteiger charge is -2.27. The van der Waals surface area contributed by atoms with Gasteiger partial charge in [-0.2, -0.15) is 13.2 Å². The molecule has 1 rings (SSSR count). The van der Waals surface area contributed by atoms with Crippen LogP contribution in [0.2, 0.25) is 0 Å². The highest BCUT2D eigenvalue weighted by Gasteiger charge is 2.32. The third kappa shape index (κ3) is 4.38. The first kappa shape index (κ1) is 12.8. The SMILES string of the molecule is NCC1(CNCCC(F)(F)F)CCCC1. The number of halogens is 3. The zero-order valence-corrected chi connectivity index (χ0v) is 8.87. The third-order valence-electron chi connectivity index (χ3n) is 3.18. The van der Waals surface area contributed by atoms with Crippen molar-refractivity contribution in [2.45, 2.75) is 38.3 Å². The van der Waals surface area contributed by atoms with Crippen molar-refractivity contribution in [2.75, 3.05) is 19.6 Å². The molecule has 0 amide bonds. The summed E-state index contributed by atoms with van der Waals surface area (Å²) in [6.07, 6.45) is -0.423. The minimum Gasteiger partial charge on any atom is -0.330 e. The Hall–Kier alpha value is -0.290. The molecule has 0 bridgehead atoms. The summed E-state index contributed by atoms with van der Waals surface area (Å²) in [7, 11) is 0. The van der Waals surface area contributed by atoms with E-state index >= 15 is 0 Å². The van der Waals surface area contributed by atoms with E-state index in [0.29, 0.717) is 13.1 Å². The summed E-state index contributed by atoms with van der Waals surface area (Å²) in [6.45, 7) is 1.21. The van der Waals surface area contributed by atoms with Gasteiger partial charge in [0.15, 0.2) is 0 Å². The Bertz CT molecular complexity index is 186. The van der Waals surface area contributed by atoms with Crippen LogP contribution in [0.4, 0.5) is 13.2 Å². The summed E-state index contributed by atoms with van der Waals surface area (Å²) < 4.78 is 35.6. The van der Waals surface area contributed by atoms with Crippen LogP contribution in [0.5, 0.6) is 0 Å². The van der Waals surface area contributed by atoms with Gasteiger partial charge in [0.25, 0.3) is 0 Å². The molecule has 0 saturated heterocycles. The van der Waals surface area contributed by atoms with E-state index in [0.717, 1.165) is 25.7 Å². The van der Waals surface area contributed by atoms with E-state index in [2.05, 4.69) is 5.32 Å². The van der Waals surface area contributed by atoms with Crippen molar-refractivity contribution < 1.29 is 13.2 Å². The van der Waals surface area contributed by atoms with Crippen molar-refractivity contribution in [3.8, 4) is 0 Å². The molecule has 3 N–H and O–H groups in total. The zero-order valence-electron chi connectivity index (χ0n) is 8.87. The minimum absolute atomic E-state index is 0.00521. The molecule has 0 atom stereocenters. The van der Waals surface area contributed by atoms with E-state index in [1.54, 1.807) is 0 Å². The molecule has 0 aromatic carbocycles. The van der Waals surface area contributed by atoms with Gasteiger partial charge < -0.3 is 11.1 Å². The first-order valence-corrected chi connectivity index (χ1v) is 5.45. The van der Waals surface area contributed by atoms with Gasteiger partial charge in [0.1, 0.15) is 0 Å². The quantitative estimate of drug-likeness (QED) is 0.701. The Labute approximate surface area is 88.4 Å². The fraction of sp³-hybridized carbons (Fsp3) is 1.00. The molecule has 0 aromatic rings. The van der Waals surface area contributed by atoms with Gasteiger partial charge in [-0.15, -0.1) is 0 Å². The molecule has 0 aliphatic heterocycles. The van der Waals surface area contributed by atoms with Crippen LogP contribution in [0.1, 0.15) is 32.1 Å². The topological polar surface area (TPSA) is 38.0 Å². The maximum atomic E-state index is 11.9. The summed E-state index contributed by atoms with van der Waals surface area (Å²) in [5, 5.41) is 2.88. The summed E-state index contributed by atoms with van der Waals surface area (Å²) in [6, 6.07) is 0. The van der Waals surface area contributed by atoms with Crippen LogP contribution < -0.4 is 11.1 Å². The monoisotopic (exact) mass is 224 g/mol. The fourth-order valence-corrected chi connectivity index (χ4v) is 2.16. The molecule has 0 spiro atoms. The third-order valence-corrected chi connectivity index (χ3v) is 3.18. The first-order valence-electron chi connectivity index (χ1n) is 5.45. The average molecular weight is 224 g/mol. The lowest BCUT2D eigenvalue weighted by molar-refractivity contribution is -0.133. The first-order chi connectivity index (χ1) is 6.97. The van der Waals surface area contributed by atoms with Crippen LogP contribution in [0, 0.1) is 5.41 Å². The summed E-state index contributed by atoms with van der Waals surface area (Å²) >= 11 is 0. The van der Waals surface area contributed by atoms with Crippen LogP contribution >= 0.6 is 0 Å². The highest BCUT2D eigenvalue weighted by molar-refractivity contribution is 4.87. The second kappa shape index (κ2) is 5.16. The number of hydrogen-bond acceptors (Lipinski definition) is 2. The molecule has 0 unspecified atom stereocenters. The van der Waals surface area contributed by atoms with Crippen molar-refractivity contribution in [1.82, 2.24) is 5.32 Å². The Kier molecular flexibility index (Phi) is 4.40. The molecule has 5 heteroatoms. The minimum atomic E-state index is -4.06. The van der Waals surface area contributed by atoms with Crippen molar-refractivity contribution in [1.29, 1.82) is 0 Å². The maximum Gasteiger partial charge on any atom is 0.390 e. The molecule has 0 heterocycles. The largest absolute Gasteiger partial charge is 0.390 e. The normalized spacial score (nSPS) is 20.8. The van der Waals surface area contributed by atoms with E-state index in [1.165, 1.54) is 0 Å². The summed E-state index contributed by atoms with van der Waals surface area (Å²) in [5.74, 6) is 0. The number of nitrogens with two attached hydrogens (primary N) is 1. The Morgan fingerprint density at radius 1 is 1.20 bits per heavy atom. The molecule has 1 aliphatic rings. The zero-order chi connectivity index (χ0) is 11.4. The van der Waals surface area contributed by atoms with Crippen molar-refractivity contribution in [3.05, 3.63) is 0 Å². The van der Waals surface area contributed by atoms with Gasteiger partial charge in [-0.3, -0.25) is 0 Å². The highest BCUT2D eigenvalue weighted by Crippen LogP contribution is 2.36. The van der Waals surface area contributed by atoms with Crippen LogP contribution in [0.25, 0.3) is 0 Å².